The van der Waals surface area contributed by atoms with Crippen molar-refractivity contribution in [3.8, 4) is 11.6 Å². The fourth-order valence-electron chi connectivity index (χ4n) is 5.13. The number of anilines is 1. The second-order valence-electron chi connectivity index (χ2n) is 11.5. The number of carbonyl (C=O) groups excluding carboxylic acids is 3. The van der Waals surface area contributed by atoms with Crippen LogP contribution in [0.1, 0.15) is 70.6 Å². The van der Waals surface area contributed by atoms with Crippen LogP contribution in [0.15, 0.2) is 30.5 Å². The smallest absolute Gasteiger partial charge is 0.310 e. The molecule has 2 aromatic rings. The summed E-state index contributed by atoms with van der Waals surface area (Å²) < 4.78 is 16.2. The van der Waals surface area contributed by atoms with Gasteiger partial charge in [0.1, 0.15) is 11.9 Å². The third kappa shape index (κ3) is 8.35. The van der Waals surface area contributed by atoms with Crippen molar-refractivity contribution in [2.24, 2.45) is 11.3 Å². The number of aliphatic hydroxyl groups is 1. The molecule has 0 saturated carbocycles. The normalized spacial score (nSPS) is 16.0. The fraction of sp³-hybridized carbons (Fsp3) is 0.548. The van der Waals surface area contributed by atoms with Crippen LogP contribution in [0.25, 0.3) is 0 Å². The van der Waals surface area contributed by atoms with Crippen LogP contribution in [0, 0.1) is 11.3 Å². The lowest BCUT2D eigenvalue weighted by molar-refractivity contribution is -0.151. The van der Waals surface area contributed by atoms with Gasteiger partial charge in [-0.05, 0) is 43.4 Å². The van der Waals surface area contributed by atoms with E-state index in [0.717, 1.165) is 0 Å². The summed E-state index contributed by atoms with van der Waals surface area (Å²) in [6, 6.07) is 6.54. The highest BCUT2D eigenvalue weighted by Gasteiger charge is 2.33. The van der Waals surface area contributed by atoms with Gasteiger partial charge >= 0.3 is 5.97 Å². The molecule has 2 heterocycles. The van der Waals surface area contributed by atoms with Gasteiger partial charge in [-0.25, -0.2) is 4.98 Å². The highest BCUT2D eigenvalue weighted by molar-refractivity contribution is 6.31. The second-order valence-corrected chi connectivity index (χ2v) is 12.0. The number of nitrogens with zero attached hydrogens (tertiary/aromatic N) is 3. The molecule has 1 N–H and O–H groups in total. The SMILES string of the molecule is CCOC(=O)[C@H]1CCCN(C(=O)CCC(=O)N(CC(C)(C)C)c2c(OC)cc(Cl)cc2[C@H](O)c2cccnc2OC)C1. The van der Waals surface area contributed by atoms with E-state index in [4.69, 9.17) is 25.8 Å². The van der Waals surface area contributed by atoms with Gasteiger partial charge in [0, 0.05) is 60.9 Å². The number of likely N-dealkylation sites (tertiary alicyclic amines) is 1. The Bertz CT molecular complexity index is 1260. The summed E-state index contributed by atoms with van der Waals surface area (Å²) in [5, 5.41) is 11.9. The van der Waals surface area contributed by atoms with E-state index in [-0.39, 0.29) is 60.9 Å². The quantitative estimate of drug-likeness (QED) is 0.364. The second kappa shape index (κ2) is 14.7. The summed E-state index contributed by atoms with van der Waals surface area (Å²) in [6.07, 6.45) is 1.57. The molecule has 0 spiro atoms. The van der Waals surface area contributed by atoms with Gasteiger partial charge in [-0.2, -0.15) is 0 Å². The Kier molecular flexibility index (Phi) is 11.6. The van der Waals surface area contributed by atoms with Gasteiger partial charge in [0.15, 0.2) is 0 Å². The number of piperidine rings is 1. The summed E-state index contributed by atoms with van der Waals surface area (Å²) in [5.41, 5.74) is 0.735. The van der Waals surface area contributed by atoms with Gasteiger partial charge in [0.2, 0.25) is 17.7 Å². The van der Waals surface area contributed by atoms with Crippen molar-refractivity contribution in [2.75, 3.05) is 45.4 Å². The number of aliphatic hydroxyl groups excluding tert-OH is 1. The van der Waals surface area contributed by atoms with Crippen molar-refractivity contribution in [3.05, 3.63) is 46.6 Å². The molecule has 2 atom stereocenters. The third-order valence-electron chi connectivity index (χ3n) is 7.02. The summed E-state index contributed by atoms with van der Waals surface area (Å²) in [6.45, 7) is 9.11. The van der Waals surface area contributed by atoms with Crippen molar-refractivity contribution >= 4 is 35.1 Å². The number of carbonyl (C=O) groups is 3. The minimum atomic E-state index is -1.25. The predicted octanol–water partition coefficient (Wildman–Crippen LogP) is 4.79. The van der Waals surface area contributed by atoms with E-state index in [0.29, 0.717) is 53.6 Å². The molecule has 11 heteroatoms. The van der Waals surface area contributed by atoms with Crippen LogP contribution in [0.2, 0.25) is 5.02 Å². The van der Waals surface area contributed by atoms with Crippen LogP contribution in [0.3, 0.4) is 0 Å². The molecule has 1 saturated heterocycles. The number of halogens is 1. The van der Waals surface area contributed by atoms with Crippen LogP contribution in [-0.4, -0.2) is 73.2 Å². The number of amides is 2. The zero-order valence-electron chi connectivity index (χ0n) is 25.3. The molecule has 0 bridgehead atoms. The van der Waals surface area contributed by atoms with Crippen LogP contribution in [-0.2, 0) is 19.1 Å². The number of ether oxygens (including phenoxy) is 3. The number of methoxy groups -OCH3 is 2. The first-order valence-electron chi connectivity index (χ1n) is 14.2. The maximum absolute atomic E-state index is 13.9. The van der Waals surface area contributed by atoms with Crippen LogP contribution in [0.5, 0.6) is 11.6 Å². The van der Waals surface area contributed by atoms with Crippen molar-refractivity contribution in [1.82, 2.24) is 9.88 Å². The Hall–Kier alpha value is -3.37. The molecular formula is C31H42ClN3O7. The van der Waals surface area contributed by atoms with Gasteiger partial charge in [0.25, 0.3) is 0 Å². The van der Waals surface area contributed by atoms with E-state index < -0.39 is 6.10 Å². The fourth-order valence-corrected chi connectivity index (χ4v) is 5.34. The lowest BCUT2D eigenvalue weighted by Gasteiger charge is -2.34. The molecule has 3 rings (SSSR count). The molecule has 0 radical (unpaired) electrons. The molecule has 1 fully saturated rings. The van der Waals surface area contributed by atoms with E-state index >= 15 is 0 Å². The summed E-state index contributed by atoms with van der Waals surface area (Å²) in [4.78, 5) is 46.7. The Morgan fingerprint density at radius 2 is 1.90 bits per heavy atom. The van der Waals surface area contributed by atoms with Crippen molar-refractivity contribution < 1.29 is 33.7 Å². The number of rotatable bonds is 11. The molecular weight excluding hydrogens is 562 g/mol. The number of aromatic nitrogens is 1. The van der Waals surface area contributed by atoms with Gasteiger partial charge in [0.05, 0.1) is 32.4 Å². The predicted molar refractivity (Wildman–Crippen MR) is 160 cm³/mol. The number of benzene rings is 1. The Labute approximate surface area is 252 Å². The topological polar surface area (TPSA) is 119 Å². The van der Waals surface area contributed by atoms with Gasteiger partial charge in [-0.3, -0.25) is 14.4 Å². The van der Waals surface area contributed by atoms with E-state index in [1.807, 2.05) is 20.8 Å². The lowest BCUT2D eigenvalue weighted by atomic mass is 9.93. The van der Waals surface area contributed by atoms with Gasteiger partial charge < -0.3 is 29.1 Å². The largest absolute Gasteiger partial charge is 0.495 e. The first-order chi connectivity index (χ1) is 19.9. The number of hydrogen-bond acceptors (Lipinski definition) is 8. The van der Waals surface area contributed by atoms with Crippen molar-refractivity contribution in [3.63, 3.8) is 0 Å². The van der Waals surface area contributed by atoms with Crippen molar-refractivity contribution in [1.29, 1.82) is 0 Å². The molecule has 1 aromatic heterocycles. The zero-order valence-corrected chi connectivity index (χ0v) is 26.1. The molecule has 2 amide bonds. The molecule has 1 aromatic carbocycles. The molecule has 42 heavy (non-hydrogen) atoms. The molecule has 0 aliphatic carbocycles. The van der Waals surface area contributed by atoms with Crippen LogP contribution < -0.4 is 14.4 Å². The van der Waals surface area contributed by atoms with Crippen LogP contribution in [0.4, 0.5) is 5.69 Å². The molecule has 1 aliphatic rings. The minimum Gasteiger partial charge on any atom is -0.495 e. The van der Waals surface area contributed by atoms with Gasteiger partial charge in [-0.1, -0.05) is 32.4 Å². The summed E-state index contributed by atoms with van der Waals surface area (Å²) in [7, 11) is 2.93. The summed E-state index contributed by atoms with van der Waals surface area (Å²) >= 11 is 6.44. The van der Waals surface area contributed by atoms with E-state index in [1.165, 1.54) is 14.2 Å². The standard InChI is InChI=1S/C31H42ClN3O7/c1-7-42-30(39)20-10-9-15-34(18-20)25(36)12-13-26(37)35(19-31(2,3)4)27-23(16-21(32)17-24(27)40-5)28(38)22-11-8-14-33-29(22)41-6/h8,11,14,16-17,20,28,38H,7,9-10,12-13,15,18-19H2,1-6H3/t20-,28+/m0/s1. The van der Waals surface area contributed by atoms with E-state index in [9.17, 15) is 19.5 Å². The average molecular weight is 604 g/mol. The number of hydrogen-bond donors (Lipinski definition) is 1. The number of pyridine rings is 1. The summed E-state index contributed by atoms with van der Waals surface area (Å²) in [5.74, 6) is -0.634. The zero-order chi connectivity index (χ0) is 31.0. The molecule has 230 valence electrons. The van der Waals surface area contributed by atoms with E-state index in [1.54, 1.807) is 47.2 Å². The first-order valence-corrected chi connectivity index (χ1v) is 14.6. The average Bonchev–Trinajstić information content (AvgIpc) is 2.97. The highest BCUT2D eigenvalue weighted by atomic mass is 35.5. The Morgan fingerprint density at radius 3 is 2.55 bits per heavy atom. The highest BCUT2D eigenvalue weighted by Crippen LogP contribution is 2.43. The maximum Gasteiger partial charge on any atom is 0.310 e. The number of esters is 1. The van der Waals surface area contributed by atoms with Gasteiger partial charge in [-0.15, -0.1) is 0 Å². The Morgan fingerprint density at radius 1 is 1.17 bits per heavy atom. The molecule has 10 nitrogen and oxygen atoms in total. The van der Waals surface area contributed by atoms with E-state index in [2.05, 4.69) is 4.98 Å². The maximum atomic E-state index is 13.9. The third-order valence-corrected chi connectivity index (χ3v) is 7.24. The molecule has 0 unspecified atom stereocenters. The Balaban J connectivity index is 1.93. The first kappa shape index (κ1) is 33.1. The molecule has 1 aliphatic heterocycles. The minimum absolute atomic E-state index is 0.0285. The van der Waals surface area contributed by atoms with Crippen LogP contribution >= 0.6 is 11.6 Å². The lowest BCUT2D eigenvalue weighted by Crippen LogP contribution is -2.43. The van der Waals surface area contributed by atoms with Crippen molar-refractivity contribution in [2.45, 2.75) is 59.5 Å². The monoisotopic (exact) mass is 603 g/mol.